The van der Waals surface area contributed by atoms with Crippen molar-refractivity contribution in [1.82, 2.24) is 4.57 Å². The summed E-state index contributed by atoms with van der Waals surface area (Å²) in [7, 11) is 2.13. The molecular formula is C29H28N2. The van der Waals surface area contributed by atoms with Crippen LogP contribution in [0.5, 0.6) is 0 Å². The van der Waals surface area contributed by atoms with Crippen LogP contribution in [0, 0.1) is 0 Å². The maximum atomic E-state index is 2.38. The first-order chi connectivity index (χ1) is 14.9. The van der Waals surface area contributed by atoms with E-state index < -0.39 is 0 Å². The van der Waals surface area contributed by atoms with Gasteiger partial charge in [0.1, 0.15) is 0 Å². The minimum Gasteiger partial charge on any atom is -0.345 e. The summed E-state index contributed by atoms with van der Waals surface area (Å²) in [5.41, 5.74) is 7.50. The normalized spacial score (nSPS) is 11.9. The summed E-state index contributed by atoms with van der Waals surface area (Å²) in [6.45, 7) is 6.83. The minimum absolute atomic E-state index is 0.105. The van der Waals surface area contributed by atoms with E-state index in [1.54, 1.807) is 0 Å². The van der Waals surface area contributed by atoms with Crippen LogP contribution in [-0.2, 0) is 5.41 Å². The first-order valence-electron chi connectivity index (χ1n) is 10.9. The van der Waals surface area contributed by atoms with Gasteiger partial charge in [-0.25, -0.2) is 0 Å². The zero-order valence-electron chi connectivity index (χ0n) is 18.6. The molecule has 0 atom stereocenters. The summed E-state index contributed by atoms with van der Waals surface area (Å²) >= 11 is 0. The molecule has 0 aliphatic heterocycles. The Morgan fingerprint density at radius 1 is 0.613 bits per heavy atom. The number of hydrogen-bond acceptors (Lipinski definition) is 1. The first-order valence-corrected chi connectivity index (χ1v) is 10.9. The monoisotopic (exact) mass is 404 g/mol. The molecule has 0 radical (unpaired) electrons. The molecule has 0 spiro atoms. The molecule has 1 heterocycles. The Bertz CT molecular complexity index is 1360. The van der Waals surface area contributed by atoms with E-state index in [4.69, 9.17) is 0 Å². The molecule has 5 rings (SSSR count). The van der Waals surface area contributed by atoms with Crippen molar-refractivity contribution in [2.45, 2.75) is 26.2 Å². The maximum absolute atomic E-state index is 2.38. The molecule has 4 aromatic carbocycles. The fourth-order valence-corrected chi connectivity index (χ4v) is 4.34. The average Bonchev–Trinajstić information content (AvgIpc) is 3.12. The number of hydrogen-bond donors (Lipinski definition) is 0. The van der Waals surface area contributed by atoms with Crippen LogP contribution in [-0.4, -0.2) is 11.6 Å². The summed E-state index contributed by atoms with van der Waals surface area (Å²) in [6.07, 6.45) is 0. The van der Waals surface area contributed by atoms with Crippen LogP contribution in [0.2, 0.25) is 0 Å². The van der Waals surface area contributed by atoms with E-state index in [2.05, 4.69) is 134 Å². The second kappa shape index (κ2) is 7.31. The Balaban J connectivity index is 1.79. The SMILES string of the molecule is CN(c1ccccc1)c1ccc2c(c1)c1cc(C(C)(C)C)ccc1n2-c1ccccc1. The highest BCUT2D eigenvalue weighted by Gasteiger charge is 2.18. The lowest BCUT2D eigenvalue weighted by Gasteiger charge is -2.20. The molecule has 0 amide bonds. The van der Waals surface area contributed by atoms with E-state index in [0.29, 0.717) is 0 Å². The molecule has 0 unspecified atom stereocenters. The quantitative estimate of drug-likeness (QED) is 0.297. The summed E-state index contributed by atoms with van der Waals surface area (Å²) in [5.74, 6) is 0. The van der Waals surface area contributed by atoms with Gasteiger partial charge in [0.25, 0.3) is 0 Å². The van der Waals surface area contributed by atoms with Crippen molar-refractivity contribution in [3.63, 3.8) is 0 Å². The first kappa shape index (κ1) is 19.4. The van der Waals surface area contributed by atoms with Crippen LogP contribution in [0.15, 0.2) is 97.1 Å². The number of nitrogens with zero attached hydrogens (tertiary/aromatic N) is 2. The lowest BCUT2D eigenvalue weighted by molar-refractivity contribution is 0.591. The Kier molecular flexibility index (Phi) is 4.59. The standard InChI is InChI=1S/C29H28N2/c1-29(2,3)21-15-17-27-25(19-21)26-20-24(30(4)22-11-7-5-8-12-22)16-18-28(26)31(27)23-13-9-6-10-14-23/h5-20H,1-4H3. The van der Waals surface area contributed by atoms with Gasteiger partial charge >= 0.3 is 0 Å². The van der Waals surface area contributed by atoms with Crippen LogP contribution >= 0.6 is 0 Å². The van der Waals surface area contributed by atoms with Crippen LogP contribution < -0.4 is 4.90 Å². The largest absolute Gasteiger partial charge is 0.345 e. The Morgan fingerprint density at radius 3 is 1.84 bits per heavy atom. The molecular weight excluding hydrogens is 376 g/mol. The smallest absolute Gasteiger partial charge is 0.0542 e. The minimum atomic E-state index is 0.105. The average molecular weight is 405 g/mol. The number of fused-ring (bicyclic) bond motifs is 3. The molecule has 0 aliphatic carbocycles. The molecule has 2 nitrogen and oxygen atoms in total. The van der Waals surface area contributed by atoms with E-state index >= 15 is 0 Å². The van der Waals surface area contributed by atoms with E-state index in [9.17, 15) is 0 Å². The van der Waals surface area contributed by atoms with Crippen LogP contribution in [0.1, 0.15) is 26.3 Å². The molecule has 0 bridgehead atoms. The molecule has 0 saturated carbocycles. The van der Waals surface area contributed by atoms with Gasteiger partial charge in [0.05, 0.1) is 11.0 Å². The Hall–Kier alpha value is -3.52. The Labute approximate surface area is 184 Å². The van der Waals surface area contributed by atoms with E-state index in [-0.39, 0.29) is 5.41 Å². The second-order valence-electron chi connectivity index (χ2n) is 9.25. The number of anilines is 2. The van der Waals surface area contributed by atoms with Crippen molar-refractivity contribution in [1.29, 1.82) is 0 Å². The lowest BCUT2D eigenvalue weighted by Crippen LogP contribution is -2.10. The van der Waals surface area contributed by atoms with Crippen molar-refractivity contribution in [3.05, 3.63) is 103 Å². The molecule has 0 N–H and O–H groups in total. The summed E-state index contributed by atoms with van der Waals surface area (Å²) in [4.78, 5) is 2.25. The van der Waals surface area contributed by atoms with Crippen LogP contribution in [0.3, 0.4) is 0 Å². The molecule has 1 aromatic heterocycles. The van der Waals surface area contributed by atoms with Gasteiger partial charge in [0.2, 0.25) is 0 Å². The summed E-state index contributed by atoms with van der Waals surface area (Å²) in [6, 6.07) is 34.9. The molecule has 154 valence electrons. The van der Waals surface area contributed by atoms with Crippen molar-refractivity contribution >= 4 is 33.2 Å². The van der Waals surface area contributed by atoms with E-state index in [1.807, 2.05) is 0 Å². The third-order valence-electron chi connectivity index (χ3n) is 6.16. The van der Waals surface area contributed by atoms with Gasteiger partial charge in [-0.05, 0) is 65.6 Å². The predicted molar refractivity (Wildman–Crippen MR) is 134 cm³/mol. The van der Waals surface area contributed by atoms with Gasteiger partial charge in [-0.3, -0.25) is 0 Å². The van der Waals surface area contributed by atoms with Gasteiger partial charge < -0.3 is 9.47 Å². The number of aromatic nitrogens is 1. The fraction of sp³-hybridized carbons (Fsp3) is 0.172. The summed E-state index contributed by atoms with van der Waals surface area (Å²) in [5, 5.41) is 2.58. The van der Waals surface area contributed by atoms with E-state index in [0.717, 1.165) is 0 Å². The molecule has 31 heavy (non-hydrogen) atoms. The van der Waals surface area contributed by atoms with Crippen molar-refractivity contribution in [2.24, 2.45) is 0 Å². The molecule has 2 heteroatoms. The van der Waals surface area contributed by atoms with Gasteiger partial charge in [0.15, 0.2) is 0 Å². The topological polar surface area (TPSA) is 8.17 Å². The highest BCUT2D eigenvalue weighted by molar-refractivity contribution is 6.10. The molecule has 0 fully saturated rings. The highest BCUT2D eigenvalue weighted by atomic mass is 15.1. The van der Waals surface area contributed by atoms with Crippen LogP contribution in [0.25, 0.3) is 27.5 Å². The second-order valence-corrected chi connectivity index (χ2v) is 9.25. The highest BCUT2D eigenvalue weighted by Crippen LogP contribution is 2.37. The third kappa shape index (κ3) is 3.38. The predicted octanol–water partition coefficient (Wildman–Crippen LogP) is 7.85. The third-order valence-corrected chi connectivity index (χ3v) is 6.16. The molecule has 0 aliphatic rings. The van der Waals surface area contributed by atoms with Crippen molar-refractivity contribution < 1.29 is 0 Å². The zero-order chi connectivity index (χ0) is 21.6. The number of para-hydroxylation sites is 2. The van der Waals surface area contributed by atoms with Crippen molar-refractivity contribution in [2.75, 3.05) is 11.9 Å². The van der Waals surface area contributed by atoms with Gasteiger partial charge in [0, 0.05) is 34.9 Å². The molecule has 5 aromatic rings. The van der Waals surface area contributed by atoms with Crippen molar-refractivity contribution in [3.8, 4) is 5.69 Å². The number of rotatable bonds is 3. The zero-order valence-corrected chi connectivity index (χ0v) is 18.6. The number of benzene rings is 4. The Morgan fingerprint density at radius 2 is 1.19 bits per heavy atom. The van der Waals surface area contributed by atoms with Gasteiger partial charge in [-0.2, -0.15) is 0 Å². The van der Waals surface area contributed by atoms with Gasteiger partial charge in [-0.15, -0.1) is 0 Å². The van der Waals surface area contributed by atoms with E-state index in [1.165, 1.54) is 44.4 Å². The molecule has 0 saturated heterocycles. The lowest BCUT2D eigenvalue weighted by atomic mass is 9.86. The summed E-state index contributed by atoms with van der Waals surface area (Å²) < 4.78 is 2.38. The van der Waals surface area contributed by atoms with Gasteiger partial charge in [-0.1, -0.05) is 63.2 Å². The maximum Gasteiger partial charge on any atom is 0.0542 e. The van der Waals surface area contributed by atoms with Crippen LogP contribution in [0.4, 0.5) is 11.4 Å². The fourth-order valence-electron chi connectivity index (χ4n) is 4.34.